The lowest BCUT2D eigenvalue weighted by atomic mass is 10.1. The van der Waals surface area contributed by atoms with E-state index in [4.69, 9.17) is 16.3 Å². The lowest BCUT2D eigenvalue weighted by Gasteiger charge is -2.10. The molecule has 0 saturated heterocycles. The molecule has 2 aromatic carbocycles. The number of carbonyl (C=O) groups is 1. The molecular formula is C19H16ClNO2S2. The molecule has 3 nitrogen and oxygen atoms in total. The Morgan fingerprint density at radius 3 is 2.76 bits per heavy atom. The molecule has 2 aromatic rings. The molecule has 1 aliphatic heterocycles. The number of benzene rings is 2. The van der Waals surface area contributed by atoms with E-state index in [1.807, 2.05) is 55.5 Å². The molecule has 0 bridgehead atoms. The van der Waals surface area contributed by atoms with E-state index in [0.717, 1.165) is 21.3 Å². The van der Waals surface area contributed by atoms with Gasteiger partial charge in [-0.25, -0.2) is 4.99 Å². The van der Waals surface area contributed by atoms with Crippen molar-refractivity contribution in [2.75, 3.05) is 5.75 Å². The third-order valence-electron chi connectivity index (χ3n) is 3.42. The second-order valence-electron chi connectivity index (χ2n) is 5.15. The van der Waals surface area contributed by atoms with E-state index in [2.05, 4.69) is 4.99 Å². The predicted molar refractivity (Wildman–Crippen MR) is 108 cm³/mol. The zero-order chi connectivity index (χ0) is 17.6. The number of hydrogen-bond donors (Lipinski definition) is 0. The number of para-hydroxylation sites is 1. The van der Waals surface area contributed by atoms with Gasteiger partial charge in [0.25, 0.3) is 0 Å². The standard InChI is InChI=1S/C19H16ClNO2S2/c1-2-24-19-21-16(18(22)25-19)11-13-7-4-6-10-17(13)23-12-14-8-3-5-9-15(14)20/h3-11H,2,12H2,1H3/b16-11-. The van der Waals surface area contributed by atoms with Crippen molar-refractivity contribution in [2.45, 2.75) is 13.5 Å². The monoisotopic (exact) mass is 389 g/mol. The molecule has 0 radical (unpaired) electrons. The van der Waals surface area contributed by atoms with E-state index in [1.165, 1.54) is 11.8 Å². The Kier molecular flexibility index (Phi) is 6.24. The van der Waals surface area contributed by atoms with Gasteiger partial charge in [0.05, 0.1) is 0 Å². The molecule has 25 heavy (non-hydrogen) atoms. The number of thioether (sulfide) groups is 2. The van der Waals surface area contributed by atoms with Crippen LogP contribution < -0.4 is 4.74 Å². The second-order valence-corrected chi connectivity index (χ2v) is 8.03. The summed E-state index contributed by atoms with van der Waals surface area (Å²) in [6.45, 7) is 2.40. The fraction of sp³-hybridized carbons (Fsp3) is 0.158. The molecule has 0 atom stereocenters. The third-order valence-corrected chi connectivity index (χ3v) is 5.68. The topological polar surface area (TPSA) is 38.7 Å². The van der Waals surface area contributed by atoms with Crippen LogP contribution in [0.3, 0.4) is 0 Å². The highest BCUT2D eigenvalue weighted by molar-refractivity contribution is 8.45. The number of aliphatic imine (C=N–C) groups is 1. The summed E-state index contributed by atoms with van der Waals surface area (Å²) in [5.74, 6) is 1.59. The fourth-order valence-corrected chi connectivity index (χ4v) is 4.15. The normalized spacial score (nSPS) is 15.5. The number of nitrogens with zero attached hydrogens (tertiary/aromatic N) is 1. The molecule has 0 aliphatic carbocycles. The van der Waals surface area contributed by atoms with Gasteiger partial charge in [0.1, 0.15) is 22.4 Å². The summed E-state index contributed by atoms with van der Waals surface area (Å²) >= 11 is 8.93. The van der Waals surface area contributed by atoms with Gasteiger partial charge in [-0.3, -0.25) is 4.79 Å². The van der Waals surface area contributed by atoms with Crippen LogP contribution in [0.5, 0.6) is 5.75 Å². The molecule has 0 N–H and O–H groups in total. The molecule has 0 fully saturated rings. The van der Waals surface area contributed by atoms with Crippen molar-refractivity contribution >= 4 is 50.7 Å². The Bertz CT molecular complexity index is 849. The zero-order valence-electron chi connectivity index (χ0n) is 13.6. The Morgan fingerprint density at radius 1 is 1.20 bits per heavy atom. The molecule has 1 heterocycles. The molecule has 128 valence electrons. The smallest absolute Gasteiger partial charge is 0.244 e. The largest absolute Gasteiger partial charge is 0.488 e. The molecule has 3 rings (SSSR count). The number of ether oxygens (including phenoxy) is 1. The first-order valence-electron chi connectivity index (χ1n) is 7.78. The van der Waals surface area contributed by atoms with Gasteiger partial charge in [0.2, 0.25) is 5.12 Å². The summed E-state index contributed by atoms with van der Waals surface area (Å²) in [6, 6.07) is 15.2. The first kappa shape index (κ1) is 18.1. The summed E-state index contributed by atoms with van der Waals surface area (Å²) < 4.78 is 6.72. The zero-order valence-corrected chi connectivity index (χ0v) is 16.0. The maximum absolute atomic E-state index is 12.1. The maximum atomic E-state index is 12.1. The van der Waals surface area contributed by atoms with Crippen LogP contribution in [0.2, 0.25) is 5.02 Å². The van der Waals surface area contributed by atoms with Gasteiger partial charge >= 0.3 is 0 Å². The molecule has 1 aliphatic rings. The Balaban J connectivity index is 1.81. The van der Waals surface area contributed by atoms with E-state index in [9.17, 15) is 4.79 Å². The minimum atomic E-state index is -0.0307. The van der Waals surface area contributed by atoms with Crippen LogP contribution in [0, 0.1) is 0 Å². The molecular weight excluding hydrogens is 374 g/mol. The van der Waals surface area contributed by atoms with Crippen molar-refractivity contribution < 1.29 is 9.53 Å². The van der Waals surface area contributed by atoms with Crippen LogP contribution in [0.15, 0.2) is 59.2 Å². The SMILES string of the molecule is CCSC1=N/C(=C\c2ccccc2OCc2ccccc2Cl)C(=O)S1. The minimum Gasteiger partial charge on any atom is -0.488 e. The van der Waals surface area contributed by atoms with Gasteiger partial charge in [-0.2, -0.15) is 0 Å². The van der Waals surface area contributed by atoms with Crippen molar-refractivity contribution in [1.29, 1.82) is 0 Å². The Hall–Kier alpha value is -1.69. The highest BCUT2D eigenvalue weighted by Crippen LogP contribution is 2.32. The molecule has 0 saturated carbocycles. The van der Waals surface area contributed by atoms with Gasteiger partial charge < -0.3 is 4.74 Å². The Morgan fingerprint density at radius 2 is 1.96 bits per heavy atom. The lowest BCUT2D eigenvalue weighted by Crippen LogP contribution is -1.98. The average Bonchev–Trinajstić information content (AvgIpc) is 2.95. The van der Waals surface area contributed by atoms with Crippen LogP contribution in [0.4, 0.5) is 0 Å². The van der Waals surface area contributed by atoms with Gasteiger partial charge in [0, 0.05) is 16.1 Å². The summed E-state index contributed by atoms with van der Waals surface area (Å²) in [7, 11) is 0. The minimum absolute atomic E-state index is 0.0307. The number of rotatable bonds is 5. The summed E-state index contributed by atoms with van der Waals surface area (Å²) in [4.78, 5) is 16.5. The molecule has 0 amide bonds. The maximum Gasteiger partial charge on any atom is 0.244 e. The van der Waals surface area contributed by atoms with E-state index in [0.29, 0.717) is 23.1 Å². The number of halogens is 1. The summed E-state index contributed by atoms with van der Waals surface area (Å²) in [6.07, 6.45) is 1.78. The molecule has 0 spiro atoms. The van der Waals surface area contributed by atoms with E-state index < -0.39 is 0 Å². The molecule has 0 aromatic heterocycles. The van der Waals surface area contributed by atoms with Gasteiger partial charge in [-0.1, -0.05) is 66.7 Å². The average molecular weight is 390 g/mol. The van der Waals surface area contributed by atoms with E-state index >= 15 is 0 Å². The summed E-state index contributed by atoms with van der Waals surface area (Å²) in [5.41, 5.74) is 2.19. The van der Waals surface area contributed by atoms with Crippen molar-refractivity contribution in [3.63, 3.8) is 0 Å². The predicted octanol–water partition coefficient (Wildman–Crippen LogP) is 5.64. The van der Waals surface area contributed by atoms with Gasteiger partial charge in [-0.05, 0) is 35.7 Å². The highest BCUT2D eigenvalue weighted by Gasteiger charge is 2.22. The van der Waals surface area contributed by atoms with Crippen LogP contribution in [-0.2, 0) is 11.4 Å². The van der Waals surface area contributed by atoms with Crippen LogP contribution >= 0.6 is 35.1 Å². The van der Waals surface area contributed by atoms with Crippen LogP contribution in [-0.4, -0.2) is 15.2 Å². The van der Waals surface area contributed by atoms with Crippen molar-refractivity contribution in [1.82, 2.24) is 0 Å². The van der Waals surface area contributed by atoms with Crippen LogP contribution in [0.25, 0.3) is 6.08 Å². The quantitative estimate of drug-likeness (QED) is 0.620. The van der Waals surface area contributed by atoms with Crippen molar-refractivity contribution in [3.8, 4) is 5.75 Å². The van der Waals surface area contributed by atoms with Crippen molar-refractivity contribution in [2.24, 2.45) is 4.99 Å². The number of carbonyl (C=O) groups excluding carboxylic acids is 1. The Labute approximate surface area is 160 Å². The number of hydrogen-bond acceptors (Lipinski definition) is 5. The van der Waals surface area contributed by atoms with E-state index in [1.54, 1.807) is 17.8 Å². The van der Waals surface area contributed by atoms with E-state index in [-0.39, 0.29) is 5.12 Å². The molecule has 0 unspecified atom stereocenters. The lowest BCUT2D eigenvalue weighted by molar-refractivity contribution is -0.107. The summed E-state index contributed by atoms with van der Waals surface area (Å²) in [5, 5.41) is 0.642. The fourth-order valence-electron chi connectivity index (χ4n) is 2.22. The first-order valence-corrected chi connectivity index (χ1v) is 9.96. The van der Waals surface area contributed by atoms with Crippen LogP contribution in [0.1, 0.15) is 18.1 Å². The van der Waals surface area contributed by atoms with Gasteiger partial charge in [0.15, 0.2) is 0 Å². The van der Waals surface area contributed by atoms with Crippen molar-refractivity contribution in [3.05, 3.63) is 70.4 Å². The second kappa shape index (κ2) is 8.61. The highest BCUT2D eigenvalue weighted by atomic mass is 35.5. The third kappa shape index (κ3) is 4.69. The van der Waals surface area contributed by atoms with Gasteiger partial charge in [-0.15, -0.1) is 0 Å². The molecule has 6 heteroatoms. The first-order chi connectivity index (χ1) is 12.2.